The van der Waals surface area contributed by atoms with Gasteiger partial charge in [-0.15, -0.1) is 0 Å². The standard InChI is InChI=1S/C38H64O9P2/c1-31(2)15-11-17-33(5)19-13-21-35(7)23-25-43-27-37(9)29-45-49(42,47-48(39,40)41)46-30-38(10)28-44-26-24-36(8)22-14-20-34(6)18-12-16-32(3)4/h15-16,19-20,23-24H,9-14,17-18,21-22,25-30H2,1-8H3,(H2,39,40,41)/b33-19+,34-20+,35-23+,36-24+. The Morgan fingerprint density at radius 2 is 0.857 bits per heavy atom. The van der Waals surface area contributed by atoms with Crippen LogP contribution in [0.3, 0.4) is 0 Å². The molecule has 11 heteroatoms. The van der Waals surface area contributed by atoms with E-state index in [0.29, 0.717) is 24.4 Å². The molecular weight excluding hydrogens is 662 g/mol. The van der Waals surface area contributed by atoms with Gasteiger partial charge >= 0.3 is 15.6 Å². The molecular formula is C38H64O9P2. The van der Waals surface area contributed by atoms with Crippen molar-refractivity contribution in [2.24, 2.45) is 0 Å². The van der Waals surface area contributed by atoms with E-state index in [0.717, 1.165) is 51.4 Å². The summed E-state index contributed by atoms with van der Waals surface area (Å²) in [5, 5.41) is 0. The average Bonchev–Trinajstić information content (AvgIpc) is 2.98. The maximum absolute atomic E-state index is 13.0. The highest BCUT2D eigenvalue weighted by Gasteiger charge is 2.36. The number of allylic oxidation sites excluding steroid dienone is 10. The largest absolute Gasteiger partial charge is 0.484 e. The molecule has 0 unspecified atom stereocenters. The van der Waals surface area contributed by atoms with E-state index < -0.39 is 15.6 Å². The number of ether oxygens (including phenoxy) is 2. The Hall–Kier alpha value is -1.90. The van der Waals surface area contributed by atoms with Crippen LogP contribution in [0.25, 0.3) is 0 Å². The van der Waals surface area contributed by atoms with Crippen molar-refractivity contribution in [2.45, 2.75) is 107 Å². The zero-order chi connectivity index (χ0) is 37.3. The number of hydrogen-bond acceptors (Lipinski definition) is 7. The third-order valence-electron chi connectivity index (χ3n) is 7.02. The van der Waals surface area contributed by atoms with E-state index >= 15 is 0 Å². The van der Waals surface area contributed by atoms with Crippen molar-refractivity contribution in [1.82, 2.24) is 0 Å². The van der Waals surface area contributed by atoms with Crippen molar-refractivity contribution >= 4 is 15.6 Å². The molecule has 49 heavy (non-hydrogen) atoms. The fourth-order valence-electron chi connectivity index (χ4n) is 4.13. The normalized spacial score (nSPS) is 13.4. The summed E-state index contributed by atoms with van der Waals surface area (Å²) in [5.74, 6) is 0. The molecule has 0 heterocycles. The fraction of sp³-hybridized carbons (Fsp3) is 0.579. The minimum atomic E-state index is -5.20. The molecule has 9 nitrogen and oxygen atoms in total. The molecule has 0 aliphatic rings. The summed E-state index contributed by atoms with van der Waals surface area (Å²) in [6.45, 7) is 24.7. The molecule has 0 saturated heterocycles. The van der Waals surface area contributed by atoms with Gasteiger partial charge in [0.15, 0.2) is 0 Å². The Morgan fingerprint density at radius 3 is 1.18 bits per heavy atom. The highest BCUT2D eigenvalue weighted by Crippen LogP contribution is 2.61. The maximum atomic E-state index is 13.0. The summed E-state index contributed by atoms with van der Waals surface area (Å²) >= 11 is 0. The second kappa shape index (κ2) is 26.8. The first-order valence-corrected chi connectivity index (χ1v) is 19.9. The van der Waals surface area contributed by atoms with Gasteiger partial charge in [0.25, 0.3) is 0 Å². The van der Waals surface area contributed by atoms with Gasteiger partial charge in [-0.25, -0.2) is 9.13 Å². The maximum Gasteiger partial charge on any atom is 0.484 e. The molecule has 0 radical (unpaired) electrons. The molecule has 0 aliphatic heterocycles. The molecule has 0 atom stereocenters. The van der Waals surface area contributed by atoms with Crippen molar-refractivity contribution < 1.29 is 41.7 Å². The van der Waals surface area contributed by atoms with Crippen molar-refractivity contribution in [3.63, 3.8) is 0 Å². The highest BCUT2D eigenvalue weighted by atomic mass is 31.3. The van der Waals surface area contributed by atoms with E-state index in [-0.39, 0.29) is 26.4 Å². The van der Waals surface area contributed by atoms with Gasteiger partial charge in [-0.2, -0.15) is 4.31 Å². The van der Waals surface area contributed by atoms with E-state index in [4.69, 9.17) is 18.5 Å². The summed E-state index contributed by atoms with van der Waals surface area (Å²) in [7, 11) is -9.86. The summed E-state index contributed by atoms with van der Waals surface area (Å²) < 4.78 is 50.4. The van der Waals surface area contributed by atoms with Gasteiger partial charge in [-0.3, -0.25) is 9.05 Å². The van der Waals surface area contributed by atoms with Crippen LogP contribution in [-0.2, 0) is 32.0 Å². The monoisotopic (exact) mass is 726 g/mol. The van der Waals surface area contributed by atoms with Crippen molar-refractivity contribution in [3.8, 4) is 0 Å². The van der Waals surface area contributed by atoms with Gasteiger partial charge in [0, 0.05) is 0 Å². The van der Waals surface area contributed by atoms with Gasteiger partial charge in [-0.05, 0) is 118 Å². The predicted molar refractivity (Wildman–Crippen MR) is 203 cm³/mol. The van der Waals surface area contributed by atoms with Crippen LogP contribution >= 0.6 is 15.6 Å². The average molecular weight is 727 g/mol. The molecule has 280 valence electrons. The van der Waals surface area contributed by atoms with Crippen LogP contribution in [0.2, 0.25) is 0 Å². The lowest BCUT2D eigenvalue weighted by Gasteiger charge is -2.19. The Kier molecular flexibility index (Phi) is 25.8. The predicted octanol–water partition coefficient (Wildman–Crippen LogP) is 11.2. The van der Waals surface area contributed by atoms with E-state index in [1.807, 2.05) is 26.0 Å². The molecule has 0 saturated carbocycles. The molecule has 0 aliphatic carbocycles. The topological polar surface area (TPSA) is 121 Å². The fourth-order valence-corrected chi connectivity index (χ4v) is 6.30. The lowest BCUT2D eigenvalue weighted by atomic mass is 10.1. The molecule has 0 rings (SSSR count). The van der Waals surface area contributed by atoms with Gasteiger partial charge in [0.2, 0.25) is 0 Å². The molecule has 0 aromatic rings. The molecule has 0 spiro atoms. The van der Waals surface area contributed by atoms with Crippen LogP contribution in [-0.4, -0.2) is 49.4 Å². The minimum Gasteiger partial charge on any atom is -0.373 e. The summed E-state index contributed by atoms with van der Waals surface area (Å²) in [6, 6.07) is 0. The van der Waals surface area contributed by atoms with E-state index in [1.165, 1.54) is 33.4 Å². The lowest BCUT2D eigenvalue weighted by molar-refractivity contribution is 0.135. The molecule has 2 N–H and O–H groups in total. The highest BCUT2D eigenvalue weighted by molar-refractivity contribution is 7.61. The van der Waals surface area contributed by atoms with Crippen molar-refractivity contribution in [3.05, 3.63) is 94.2 Å². The lowest BCUT2D eigenvalue weighted by Crippen LogP contribution is -2.09. The van der Waals surface area contributed by atoms with E-state index in [9.17, 15) is 18.9 Å². The van der Waals surface area contributed by atoms with E-state index in [2.05, 4.69) is 83.3 Å². The summed E-state index contributed by atoms with van der Waals surface area (Å²) in [5.41, 5.74) is 8.61. The van der Waals surface area contributed by atoms with Gasteiger partial charge in [0.05, 0.1) is 39.6 Å². The Bertz CT molecular complexity index is 1200. The number of hydrogen-bond donors (Lipinski definition) is 2. The molecule has 0 fully saturated rings. The van der Waals surface area contributed by atoms with Crippen molar-refractivity contribution in [1.29, 1.82) is 0 Å². The zero-order valence-corrected chi connectivity index (χ0v) is 33.2. The number of rotatable bonds is 28. The van der Waals surface area contributed by atoms with Crippen LogP contribution in [0.15, 0.2) is 94.2 Å². The molecule has 0 amide bonds. The van der Waals surface area contributed by atoms with Crippen LogP contribution < -0.4 is 0 Å². The van der Waals surface area contributed by atoms with Gasteiger partial charge in [0.1, 0.15) is 0 Å². The first kappa shape index (κ1) is 47.1. The minimum absolute atomic E-state index is 0.0860. The first-order valence-electron chi connectivity index (χ1n) is 16.9. The van der Waals surface area contributed by atoms with Crippen LogP contribution in [0, 0.1) is 0 Å². The molecule has 0 aromatic carbocycles. The van der Waals surface area contributed by atoms with Crippen LogP contribution in [0.5, 0.6) is 0 Å². The smallest absolute Gasteiger partial charge is 0.373 e. The first-order chi connectivity index (χ1) is 22.9. The quantitative estimate of drug-likeness (QED) is 0.0461. The summed E-state index contributed by atoms with van der Waals surface area (Å²) in [4.78, 5) is 18.5. The van der Waals surface area contributed by atoms with Gasteiger partial charge < -0.3 is 19.3 Å². The Balaban J connectivity index is 4.58. The van der Waals surface area contributed by atoms with Crippen LogP contribution in [0.1, 0.15) is 107 Å². The van der Waals surface area contributed by atoms with Crippen molar-refractivity contribution in [2.75, 3.05) is 39.6 Å². The second-order valence-electron chi connectivity index (χ2n) is 13.0. The molecule has 0 aromatic heterocycles. The van der Waals surface area contributed by atoms with Crippen LogP contribution in [0.4, 0.5) is 0 Å². The van der Waals surface area contributed by atoms with E-state index in [1.54, 1.807) is 0 Å². The third-order valence-corrected chi connectivity index (χ3v) is 9.56. The van der Waals surface area contributed by atoms with Gasteiger partial charge in [-0.1, -0.05) is 83.1 Å². The number of phosphoric acid groups is 2. The Labute approximate surface area is 297 Å². The number of phosphoric ester groups is 1. The second-order valence-corrected chi connectivity index (χ2v) is 16.1. The Morgan fingerprint density at radius 1 is 0.531 bits per heavy atom. The third kappa shape index (κ3) is 30.6. The SMILES string of the molecule is C=C(COC/C=C(\C)CC/C=C(\C)CCC=C(C)C)COP(=O)(OCC(=C)COC/C=C(\C)CC/C=C(\C)CCC=C(C)C)OP(=O)(O)O. The summed E-state index contributed by atoms with van der Waals surface area (Å²) in [6.07, 6.45) is 21.1. The molecule has 0 bridgehead atoms. The zero-order valence-electron chi connectivity index (χ0n) is 31.4.